The van der Waals surface area contributed by atoms with Gasteiger partial charge in [0.05, 0.1) is 23.8 Å². The molecule has 5 heterocycles. The molecular weight excluding hydrogens is 444 g/mol. The fraction of sp³-hybridized carbons (Fsp3) is 0.280. The minimum atomic E-state index is -0.357. The number of nitrogens with zero attached hydrogens (tertiary/aromatic N) is 6. The number of pyridine rings is 2. The maximum Gasteiger partial charge on any atom is 0.275 e. The van der Waals surface area contributed by atoms with E-state index in [1.807, 2.05) is 35.4 Å². The summed E-state index contributed by atoms with van der Waals surface area (Å²) >= 11 is 0. The van der Waals surface area contributed by atoms with Crippen LogP contribution in [0.2, 0.25) is 0 Å². The van der Waals surface area contributed by atoms with Gasteiger partial charge in [-0.3, -0.25) is 14.6 Å². The van der Waals surface area contributed by atoms with E-state index in [1.54, 1.807) is 13.1 Å². The molecule has 0 aromatic carbocycles. The SMILES string of the molecule is CC(=O)N1[C@H](C)CN(c2cccc(-c3c[nH]c4ncc(NC(=O)c5cnccn5)cc34)n2)C[C@@H]1C. The number of H-pyrrole nitrogens is 1. The van der Waals surface area contributed by atoms with Gasteiger partial charge in [0.15, 0.2) is 0 Å². The van der Waals surface area contributed by atoms with Crippen molar-refractivity contribution >= 4 is 34.4 Å². The predicted octanol–water partition coefficient (Wildman–Crippen LogP) is 3.11. The lowest BCUT2D eigenvalue weighted by Gasteiger charge is -2.44. The Hall–Kier alpha value is -4.34. The molecule has 2 N–H and O–H groups in total. The van der Waals surface area contributed by atoms with Crippen LogP contribution in [0.15, 0.2) is 55.2 Å². The van der Waals surface area contributed by atoms with Crippen molar-refractivity contribution in [2.24, 2.45) is 0 Å². The summed E-state index contributed by atoms with van der Waals surface area (Å²) in [7, 11) is 0. The van der Waals surface area contributed by atoms with Crippen molar-refractivity contribution < 1.29 is 9.59 Å². The Balaban J connectivity index is 1.42. The molecule has 0 unspecified atom stereocenters. The van der Waals surface area contributed by atoms with Crippen molar-refractivity contribution in [2.45, 2.75) is 32.9 Å². The lowest BCUT2D eigenvalue weighted by atomic mass is 10.1. The number of aromatic nitrogens is 5. The van der Waals surface area contributed by atoms with E-state index in [0.717, 1.165) is 22.5 Å². The molecule has 178 valence electrons. The minimum absolute atomic E-state index is 0.0967. The highest BCUT2D eigenvalue weighted by Gasteiger charge is 2.31. The van der Waals surface area contributed by atoms with Crippen LogP contribution < -0.4 is 10.2 Å². The Morgan fingerprint density at radius 3 is 2.60 bits per heavy atom. The zero-order chi connectivity index (χ0) is 24.5. The van der Waals surface area contributed by atoms with Crippen molar-refractivity contribution in [3.8, 4) is 11.3 Å². The molecule has 2 atom stereocenters. The van der Waals surface area contributed by atoms with Gasteiger partial charge in [-0.1, -0.05) is 6.07 Å². The van der Waals surface area contributed by atoms with Gasteiger partial charge in [0.1, 0.15) is 17.2 Å². The van der Waals surface area contributed by atoms with Crippen molar-refractivity contribution in [1.29, 1.82) is 0 Å². The number of anilines is 2. The number of fused-ring (bicyclic) bond motifs is 1. The van der Waals surface area contributed by atoms with E-state index in [4.69, 9.17) is 4.98 Å². The van der Waals surface area contributed by atoms with E-state index in [1.165, 1.54) is 18.6 Å². The molecule has 4 aromatic heterocycles. The number of amides is 2. The van der Waals surface area contributed by atoms with E-state index in [0.29, 0.717) is 24.4 Å². The molecule has 10 heteroatoms. The summed E-state index contributed by atoms with van der Waals surface area (Å²) in [5, 5.41) is 3.67. The lowest BCUT2D eigenvalue weighted by Crippen LogP contribution is -2.58. The second-order valence-electron chi connectivity index (χ2n) is 8.78. The van der Waals surface area contributed by atoms with Crippen LogP contribution in [-0.2, 0) is 4.79 Å². The molecule has 0 bridgehead atoms. The highest BCUT2D eigenvalue weighted by molar-refractivity contribution is 6.04. The second kappa shape index (κ2) is 9.13. The monoisotopic (exact) mass is 470 g/mol. The third kappa shape index (κ3) is 4.42. The Kier molecular flexibility index (Phi) is 5.86. The van der Waals surface area contributed by atoms with Crippen molar-refractivity contribution in [3.63, 3.8) is 0 Å². The van der Waals surface area contributed by atoms with Crippen molar-refractivity contribution in [3.05, 3.63) is 60.9 Å². The van der Waals surface area contributed by atoms with E-state index in [9.17, 15) is 9.59 Å². The second-order valence-corrected chi connectivity index (χ2v) is 8.78. The fourth-order valence-corrected chi connectivity index (χ4v) is 4.78. The van der Waals surface area contributed by atoms with Gasteiger partial charge in [-0.25, -0.2) is 15.0 Å². The summed E-state index contributed by atoms with van der Waals surface area (Å²) in [6, 6.07) is 7.99. The third-order valence-corrected chi connectivity index (χ3v) is 6.20. The van der Waals surface area contributed by atoms with E-state index >= 15 is 0 Å². The van der Waals surface area contributed by atoms with Gasteiger partial charge in [0.25, 0.3) is 5.91 Å². The van der Waals surface area contributed by atoms with Gasteiger partial charge < -0.3 is 20.1 Å². The van der Waals surface area contributed by atoms with Gasteiger partial charge in [-0.15, -0.1) is 0 Å². The number of carbonyl (C=O) groups excluding carboxylic acids is 2. The van der Waals surface area contributed by atoms with Gasteiger partial charge in [-0.05, 0) is 32.0 Å². The quantitative estimate of drug-likeness (QED) is 0.470. The first-order chi connectivity index (χ1) is 16.9. The number of carbonyl (C=O) groups is 2. The Morgan fingerprint density at radius 2 is 1.89 bits per heavy atom. The third-order valence-electron chi connectivity index (χ3n) is 6.20. The molecule has 4 aromatic rings. The van der Waals surface area contributed by atoms with E-state index in [2.05, 4.69) is 44.0 Å². The van der Waals surface area contributed by atoms with Crippen molar-refractivity contribution in [1.82, 2.24) is 29.8 Å². The molecule has 1 fully saturated rings. The zero-order valence-electron chi connectivity index (χ0n) is 19.8. The average Bonchev–Trinajstić information content (AvgIpc) is 3.27. The van der Waals surface area contributed by atoms with E-state index < -0.39 is 0 Å². The van der Waals surface area contributed by atoms with Crippen molar-refractivity contribution in [2.75, 3.05) is 23.3 Å². The number of piperazine rings is 1. The number of hydrogen-bond donors (Lipinski definition) is 2. The minimum Gasteiger partial charge on any atom is -0.352 e. The first-order valence-electron chi connectivity index (χ1n) is 11.5. The molecule has 0 saturated carbocycles. The molecule has 1 aliphatic rings. The molecule has 0 spiro atoms. The summed E-state index contributed by atoms with van der Waals surface area (Å²) in [5.41, 5.74) is 3.15. The first kappa shape index (κ1) is 22.5. The molecule has 35 heavy (non-hydrogen) atoms. The largest absolute Gasteiger partial charge is 0.352 e. The Labute approximate surface area is 202 Å². The van der Waals surface area contributed by atoms with Gasteiger partial charge in [-0.2, -0.15) is 0 Å². The van der Waals surface area contributed by atoms with Crippen LogP contribution in [0.4, 0.5) is 11.5 Å². The standard InChI is InChI=1S/C25H26N8O2/c1-15-13-32(14-16(2)33(15)17(3)34)23-6-4-5-21(31-23)20-11-29-24-19(20)9-18(10-28-24)30-25(35)22-12-26-7-8-27-22/h4-12,15-16H,13-14H2,1-3H3,(H,28,29)(H,30,35)/t15-,16+. The first-order valence-corrected chi connectivity index (χ1v) is 11.5. The van der Waals surface area contributed by atoms with Crippen LogP contribution in [0, 0.1) is 0 Å². The van der Waals surface area contributed by atoms with E-state index in [-0.39, 0.29) is 29.6 Å². The molecule has 0 radical (unpaired) electrons. The van der Waals surface area contributed by atoms with Crippen LogP contribution in [0.25, 0.3) is 22.3 Å². The Morgan fingerprint density at radius 1 is 1.09 bits per heavy atom. The van der Waals surface area contributed by atoms with Gasteiger partial charge in [0, 0.05) is 61.6 Å². The van der Waals surface area contributed by atoms with Gasteiger partial charge in [0.2, 0.25) is 5.91 Å². The zero-order valence-corrected chi connectivity index (χ0v) is 19.8. The molecule has 1 aliphatic heterocycles. The predicted molar refractivity (Wildman–Crippen MR) is 133 cm³/mol. The number of nitrogens with one attached hydrogen (secondary N) is 2. The Bertz CT molecular complexity index is 1370. The summed E-state index contributed by atoms with van der Waals surface area (Å²) in [6.45, 7) is 7.19. The molecular formula is C25H26N8O2. The van der Waals surface area contributed by atoms with Crippen LogP contribution in [0.5, 0.6) is 0 Å². The summed E-state index contributed by atoms with van der Waals surface area (Å²) < 4.78 is 0. The van der Waals surface area contributed by atoms with Gasteiger partial charge >= 0.3 is 0 Å². The molecule has 5 rings (SSSR count). The lowest BCUT2D eigenvalue weighted by molar-refractivity contribution is -0.133. The van der Waals surface area contributed by atoms with Crippen LogP contribution in [-0.4, -0.2) is 66.8 Å². The van der Waals surface area contributed by atoms with Crippen LogP contribution >= 0.6 is 0 Å². The molecule has 2 amide bonds. The number of aromatic amines is 1. The molecule has 10 nitrogen and oxygen atoms in total. The molecule has 0 aliphatic carbocycles. The highest BCUT2D eigenvalue weighted by Crippen LogP contribution is 2.30. The van der Waals surface area contributed by atoms with Crippen LogP contribution in [0.1, 0.15) is 31.3 Å². The number of hydrogen-bond acceptors (Lipinski definition) is 7. The van der Waals surface area contributed by atoms with Crippen LogP contribution in [0.3, 0.4) is 0 Å². The normalized spacial score (nSPS) is 18.0. The maximum absolute atomic E-state index is 12.5. The highest BCUT2D eigenvalue weighted by atomic mass is 16.2. The molecule has 1 saturated heterocycles. The topological polar surface area (TPSA) is 120 Å². The smallest absolute Gasteiger partial charge is 0.275 e. The maximum atomic E-state index is 12.5. The number of rotatable bonds is 4. The summed E-state index contributed by atoms with van der Waals surface area (Å²) in [6.07, 6.45) is 7.87. The summed E-state index contributed by atoms with van der Waals surface area (Å²) in [5.74, 6) is 0.600. The fourth-order valence-electron chi connectivity index (χ4n) is 4.78. The average molecular weight is 471 g/mol. The summed E-state index contributed by atoms with van der Waals surface area (Å²) in [4.78, 5) is 49.2.